The van der Waals surface area contributed by atoms with Gasteiger partial charge in [0, 0.05) is 23.5 Å². The Bertz CT molecular complexity index is 951. The van der Waals surface area contributed by atoms with E-state index in [0.717, 1.165) is 12.3 Å². The molecule has 0 unspecified atom stereocenters. The smallest absolute Gasteiger partial charge is 0.264 e. The van der Waals surface area contributed by atoms with E-state index in [9.17, 15) is 12.8 Å². The van der Waals surface area contributed by atoms with Crippen molar-refractivity contribution in [3.8, 4) is 5.88 Å². The molecule has 0 fully saturated rings. The van der Waals surface area contributed by atoms with E-state index in [1.165, 1.54) is 19.2 Å². The summed E-state index contributed by atoms with van der Waals surface area (Å²) in [7, 11) is -2.97. The number of anilines is 1. The summed E-state index contributed by atoms with van der Waals surface area (Å²) in [6.45, 7) is 1.57. The van der Waals surface area contributed by atoms with Crippen molar-refractivity contribution in [1.82, 2.24) is 9.97 Å². The first-order valence-corrected chi connectivity index (χ1v) is 8.91. The molecule has 0 atom stereocenters. The quantitative estimate of drug-likeness (QED) is 0.738. The van der Waals surface area contributed by atoms with Crippen molar-refractivity contribution in [3.05, 3.63) is 51.8 Å². The molecule has 2 aromatic rings. The van der Waals surface area contributed by atoms with Crippen LogP contribution in [0.1, 0.15) is 11.3 Å². The average molecular weight is 407 g/mol. The summed E-state index contributed by atoms with van der Waals surface area (Å²) in [5, 5.41) is -0.249. The number of halogens is 3. The van der Waals surface area contributed by atoms with E-state index in [1.807, 2.05) is 0 Å². The first-order valence-electron chi connectivity index (χ1n) is 6.68. The lowest BCUT2D eigenvalue weighted by Gasteiger charge is -2.14. The highest BCUT2D eigenvalue weighted by molar-refractivity contribution is 8.01. The number of pyridine rings is 2. The molecular formula is C14H13Cl2FN4O3S. The zero-order valence-corrected chi connectivity index (χ0v) is 15.4. The molecule has 0 aliphatic carbocycles. The minimum Gasteiger partial charge on any atom is -0.479 e. The van der Waals surface area contributed by atoms with Crippen LogP contribution >= 0.6 is 23.2 Å². The van der Waals surface area contributed by atoms with E-state index in [1.54, 1.807) is 6.92 Å². The van der Waals surface area contributed by atoms with Crippen molar-refractivity contribution in [2.75, 3.05) is 11.8 Å². The summed E-state index contributed by atoms with van der Waals surface area (Å²) in [6, 6.07) is 3.74. The number of nitrogens with two attached hydrogens (primary N) is 1. The van der Waals surface area contributed by atoms with Gasteiger partial charge in [-0.05, 0) is 19.1 Å². The molecule has 0 saturated carbocycles. The lowest BCUT2D eigenvalue weighted by molar-refractivity contribution is 0.398. The number of nitrogens with one attached hydrogen (secondary N) is 1. The number of hydrogen-bond donors (Lipinski definition) is 2. The number of hydrogen-bond acceptors (Lipinski definition) is 6. The Labute approximate surface area is 153 Å². The zero-order valence-electron chi connectivity index (χ0n) is 13.0. The van der Waals surface area contributed by atoms with Gasteiger partial charge in [-0.15, -0.1) is 0 Å². The van der Waals surface area contributed by atoms with E-state index in [2.05, 4.69) is 14.7 Å². The van der Waals surface area contributed by atoms with Crippen LogP contribution in [0.5, 0.6) is 5.88 Å². The summed E-state index contributed by atoms with van der Waals surface area (Å²) in [5.41, 5.74) is 5.84. The number of ether oxygens (including phenoxy) is 1. The predicted octanol–water partition coefficient (Wildman–Crippen LogP) is 2.94. The van der Waals surface area contributed by atoms with Gasteiger partial charge in [0.1, 0.15) is 15.7 Å². The molecule has 2 rings (SSSR count). The molecular weight excluding hydrogens is 394 g/mol. The largest absolute Gasteiger partial charge is 0.479 e. The monoisotopic (exact) mass is 406 g/mol. The second-order valence-electron chi connectivity index (χ2n) is 4.72. The Morgan fingerprint density at radius 1 is 1.36 bits per heavy atom. The topological polar surface area (TPSA) is 107 Å². The molecule has 0 spiro atoms. The molecule has 3 N–H and O–H groups in total. The van der Waals surface area contributed by atoms with Gasteiger partial charge in [0.15, 0.2) is 11.0 Å². The Kier molecular flexibility index (Phi) is 5.71. The maximum Gasteiger partial charge on any atom is 0.264 e. The molecule has 2 heterocycles. The van der Waals surface area contributed by atoms with Gasteiger partial charge >= 0.3 is 0 Å². The molecule has 0 bridgehead atoms. The van der Waals surface area contributed by atoms with Crippen LogP contribution < -0.4 is 15.2 Å². The molecule has 7 nitrogen and oxygen atoms in total. The molecule has 134 valence electrons. The van der Waals surface area contributed by atoms with Gasteiger partial charge in [0.05, 0.1) is 7.11 Å². The molecule has 2 aromatic heterocycles. The van der Waals surface area contributed by atoms with Gasteiger partial charge < -0.3 is 10.5 Å². The second kappa shape index (κ2) is 7.42. The third kappa shape index (κ3) is 4.12. The highest BCUT2D eigenvalue weighted by Crippen LogP contribution is 2.31. The predicted molar refractivity (Wildman–Crippen MR) is 94.4 cm³/mol. The minimum absolute atomic E-state index is 0.197. The molecule has 11 heteroatoms. The second-order valence-corrected chi connectivity index (χ2v) is 7.12. The number of rotatable bonds is 5. The lowest BCUT2D eigenvalue weighted by Crippen LogP contribution is -2.17. The Balaban J connectivity index is 2.49. The normalized spacial score (nSPS) is 12.1. The number of methoxy groups -OCH3 is 1. The van der Waals surface area contributed by atoms with Crippen LogP contribution in [-0.4, -0.2) is 25.5 Å². The summed E-state index contributed by atoms with van der Waals surface area (Å²) in [6.07, 6.45) is 0.895. The number of sulfonamides is 1. The number of aryl methyl sites for hydroxylation is 1. The van der Waals surface area contributed by atoms with Crippen molar-refractivity contribution in [2.45, 2.75) is 6.92 Å². The van der Waals surface area contributed by atoms with Crippen LogP contribution in [0.4, 0.5) is 10.1 Å². The van der Waals surface area contributed by atoms with E-state index >= 15 is 0 Å². The Hall–Kier alpha value is -2.10. The van der Waals surface area contributed by atoms with Gasteiger partial charge in [0.2, 0.25) is 5.88 Å². The maximum atomic E-state index is 13.6. The van der Waals surface area contributed by atoms with Crippen LogP contribution in [0.3, 0.4) is 0 Å². The van der Waals surface area contributed by atoms with Crippen LogP contribution in [0.15, 0.2) is 24.4 Å². The third-order valence-electron chi connectivity index (χ3n) is 3.09. The summed E-state index contributed by atoms with van der Waals surface area (Å²) in [5.74, 6) is -1.11. The van der Waals surface area contributed by atoms with Gasteiger partial charge in [-0.1, -0.05) is 23.2 Å². The highest BCUT2D eigenvalue weighted by Gasteiger charge is 2.24. The molecule has 0 aliphatic heterocycles. The third-order valence-corrected chi connectivity index (χ3v) is 4.99. The summed E-state index contributed by atoms with van der Waals surface area (Å²) >= 11 is 11.3. The minimum atomic E-state index is -4.20. The van der Waals surface area contributed by atoms with Crippen LogP contribution in [0.25, 0.3) is 4.91 Å². The van der Waals surface area contributed by atoms with Gasteiger partial charge in [-0.2, -0.15) is 4.98 Å². The SMILES string of the molecule is COc1nc(Cl)c(F)cc1NS(=O)(=O)/C(=C/N)c1ccc(Cl)nc1C. The molecule has 0 aromatic carbocycles. The van der Waals surface area contributed by atoms with Crippen molar-refractivity contribution in [2.24, 2.45) is 5.73 Å². The fraction of sp³-hybridized carbons (Fsp3) is 0.143. The van der Waals surface area contributed by atoms with E-state index in [4.69, 9.17) is 33.7 Å². The molecule has 0 amide bonds. The molecule has 0 aliphatic rings. The van der Waals surface area contributed by atoms with Crippen molar-refractivity contribution >= 4 is 43.8 Å². The van der Waals surface area contributed by atoms with E-state index in [-0.39, 0.29) is 27.2 Å². The van der Waals surface area contributed by atoms with Crippen LogP contribution in [0, 0.1) is 12.7 Å². The number of nitrogens with zero attached hydrogens (tertiary/aromatic N) is 2. The standard InChI is InChI=1S/C14H13Cl2FN4O3S/c1-7-8(3-4-12(15)19-7)11(6-18)25(22,23)21-10-5-9(17)13(16)20-14(10)24-2/h3-6,21H,18H2,1-2H3/b11-6+. The fourth-order valence-corrected chi connectivity index (χ4v) is 3.55. The van der Waals surface area contributed by atoms with Gasteiger partial charge in [-0.3, -0.25) is 4.72 Å². The van der Waals surface area contributed by atoms with Crippen molar-refractivity contribution in [3.63, 3.8) is 0 Å². The van der Waals surface area contributed by atoms with Gasteiger partial charge in [0.25, 0.3) is 10.0 Å². The summed E-state index contributed by atoms with van der Waals surface area (Å²) in [4.78, 5) is 7.34. The van der Waals surface area contributed by atoms with Crippen LogP contribution in [0.2, 0.25) is 10.3 Å². The van der Waals surface area contributed by atoms with Crippen molar-refractivity contribution < 1.29 is 17.5 Å². The van der Waals surface area contributed by atoms with E-state index in [0.29, 0.717) is 5.69 Å². The van der Waals surface area contributed by atoms with Crippen LogP contribution in [-0.2, 0) is 10.0 Å². The Morgan fingerprint density at radius 2 is 2.04 bits per heavy atom. The average Bonchev–Trinajstić information content (AvgIpc) is 2.53. The molecule has 0 radical (unpaired) electrons. The molecule has 0 saturated heterocycles. The summed E-state index contributed by atoms with van der Waals surface area (Å²) < 4.78 is 46.1. The first kappa shape index (κ1) is 19.2. The zero-order chi connectivity index (χ0) is 18.8. The number of aromatic nitrogens is 2. The van der Waals surface area contributed by atoms with E-state index < -0.39 is 21.0 Å². The van der Waals surface area contributed by atoms with Gasteiger partial charge in [-0.25, -0.2) is 17.8 Å². The first-order chi connectivity index (χ1) is 11.7. The lowest BCUT2D eigenvalue weighted by atomic mass is 10.2. The Morgan fingerprint density at radius 3 is 2.60 bits per heavy atom. The fourth-order valence-electron chi connectivity index (χ4n) is 1.99. The maximum absolute atomic E-state index is 13.6. The highest BCUT2D eigenvalue weighted by atomic mass is 35.5. The van der Waals surface area contributed by atoms with Crippen molar-refractivity contribution in [1.29, 1.82) is 0 Å². The molecule has 25 heavy (non-hydrogen) atoms.